The highest BCUT2D eigenvalue weighted by Gasteiger charge is 2.13. The van der Waals surface area contributed by atoms with Crippen LogP contribution >= 0.6 is 0 Å². The zero-order valence-electron chi connectivity index (χ0n) is 15.1. The molecule has 4 nitrogen and oxygen atoms in total. The van der Waals surface area contributed by atoms with Gasteiger partial charge in [-0.1, -0.05) is 37.6 Å². The topological polar surface area (TPSA) is 66.0 Å². The molecular weight excluding hydrogens is 324 g/mol. The Morgan fingerprint density at radius 3 is 1.54 bits per heavy atom. The molecule has 0 saturated carbocycles. The Balaban J connectivity index is 2.08. The van der Waals surface area contributed by atoms with Gasteiger partial charge in [0.05, 0.1) is 25.0 Å². The zero-order chi connectivity index (χ0) is 18.6. The van der Waals surface area contributed by atoms with Crippen LogP contribution in [-0.2, 0) is 0 Å². The second kappa shape index (κ2) is 10.8. The molecule has 0 amide bonds. The van der Waals surface area contributed by atoms with Crippen molar-refractivity contribution >= 4 is 0 Å². The van der Waals surface area contributed by atoms with Crippen molar-refractivity contribution in [3.05, 3.63) is 59.7 Å². The Bertz CT molecular complexity index is 676. The lowest BCUT2D eigenvalue weighted by atomic mass is 9.87. The van der Waals surface area contributed by atoms with Gasteiger partial charge >= 0.3 is 0 Å². The summed E-state index contributed by atoms with van der Waals surface area (Å²) in [6.07, 6.45) is 2.93. The molecule has 0 fully saturated rings. The van der Waals surface area contributed by atoms with Crippen LogP contribution in [-0.4, -0.2) is 13.2 Å². The predicted octanol–water partition coefficient (Wildman–Crippen LogP) is 5.20. The van der Waals surface area contributed by atoms with Gasteiger partial charge in [-0.3, -0.25) is 0 Å². The Morgan fingerprint density at radius 1 is 0.769 bits per heavy atom. The number of benzene rings is 2. The summed E-state index contributed by atoms with van der Waals surface area (Å²) < 4.78 is 11.1. The van der Waals surface area contributed by atoms with E-state index < -0.39 is 0 Å². The van der Waals surface area contributed by atoms with Gasteiger partial charge < -0.3 is 9.47 Å². The van der Waals surface area contributed by atoms with Gasteiger partial charge in [0, 0.05) is 5.92 Å². The van der Waals surface area contributed by atoms with Gasteiger partial charge in [0.25, 0.3) is 0 Å². The average Bonchev–Trinajstić information content (AvgIpc) is 2.68. The second-order valence-corrected chi connectivity index (χ2v) is 5.99. The normalized spacial score (nSPS) is 10.2. The van der Waals surface area contributed by atoms with Crippen LogP contribution in [0.15, 0.2) is 48.5 Å². The fraction of sp³-hybridized carbons (Fsp3) is 0.364. The van der Waals surface area contributed by atoms with Gasteiger partial charge in [-0.15, -0.1) is 0 Å². The molecule has 2 aromatic rings. The van der Waals surface area contributed by atoms with Crippen molar-refractivity contribution < 1.29 is 9.47 Å². The lowest BCUT2D eigenvalue weighted by Gasteiger charge is -2.18. The summed E-state index contributed by atoms with van der Waals surface area (Å²) in [4.78, 5) is 0. The number of nitrogens with zero attached hydrogens (tertiary/aromatic N) is 2. The molecule has 0 unspecified atom stereocenters. The van der Waals surface area contributed by atoms with E-state index >= 15 is 0 Å². The third-order valence-electron chi connectivity index (χ3n) is 4.11. The first-order valence-electron chi connectivity index (χ1n) is 8.98. The monoisotopic (exact) mass is 348 g/mol. The van der Waals surface area contributed by atoms with Gasteiger partial charge in [-0.05, 0) is 41.8 Å². The molecule has 0 heterocycles. The van der Waals surface area contributed by atoms with Crippen molar-refractivity contribution in [1.29, 1.82) is 10.5 Å². The zero-order valence-corrected chi connectivity index (χ0v) is 15.1. The summed E-state index contributed by atoms with van der Waals surface area (Å²) in [5, 5.41) is 17.1. The van der Waals surface area contributed by atoms with Crippen molar-refractivity contribution in [2.45, 2.75) is 38.5 Å². The van der Waals surface area contributed by atoms with E-state index in [-0.39, 0.29) is 0 Å². The van der Waals surface area contributed by atoms with Crippen LogP contribution < -0.4 is 9.47 Å². The van der Waals surface area contributed by atoms with Crippen molar-refractivity contribution in [3.8, 4) is 23.6 Å². The Hall–Kier alpha value is -2.98. The van der Waals surface area contributed by atoms with E-state index in [2.05, 4.69) is 43.3 Å². The van der Waals surface area contributed by atoms with Gasteiger partial charge in [-0.25, -0.2) is 0 Å². The molecule has 26 heavy (non-hydrogen) atoms. The maximum absolute atomic E-state index is 8.57. The highest BCUT2D eigenvalue weighted by atomic mass is 16.5. The number of hydrogen-bond donors (Lipinski definition) is 0. The number of rotatable bonds is 10. The van der Waals surface area contributed by atoms with Gasteiger partial charge in [0.2, 0.25) is 0 Å². The van der Waals surface area contributed by atoms with Crippen molar-refractivity contribution in [1.82, 2.24) is 0 Å². The molecular formula is C22H24N2O2. The first kappa shape index (κ1) is 19.3. The molecule has 0 aliphatic rings. The fourth-order valence-corrected chi connectivity index (χ4v) is 2.84. The van der Waals surface area contributed by atoms with E-state index in [0.717, 1.165) is 24.3 Å². The van der Waals surface area contributed by atoms with Crippen LogP contribution in [0, 0.1) is 22.7 Å². The van der Waals surface area contributed by atoms with Crippen LogP contribution in [0.2, 0.25) is 0 Å². The summed E-state index contributed by atoms with van der Waals surface area (Å²) in [5.41, 5.74) is 2.50. The molecule has 0 N–H and O–H groups in total. The summed E-state index contributed by atoms with van der Waals surface area (Å²) >= 11 is 0. The summed E-state index contributed by atoms with van der Waals surface area (Å²) in [6.45, 7) is 3.02. The van der Waals surface area contributed by atoms with E-state index in [4.69, 9.17) is 20.0 Å². The summed E-state index contributed by atoms with van der Waals surface area (Å²) in [7, 11) is 0. The van der Waals surface area contributed by atoms with E-state index in [1.54, 1.807) is 0 Å². The van der Waals surface area contributed by atoms with Crippen molar-refractivity contribution in [3.63, 3.8) is 0 Å². The molecule has 0 aliphatic heterocycles. The van der Waals surface area contributed by atoms with Crippen LogP contribution in [0.3, 0.4) is 0 Å². The molecule has 0 bridgehead atoms. The quantitative estimate of drug-likeness (QED) is 0.553. The van der Waals surface area contributed by atoms with E-state index in [1.807, 2.05) is 24.3 Å². The molecule has 134 valence electrons. The molecule has 0 aliphatic carbocycles. The molecule has 4 heteroatoms. The highest BCUT2D eigenvalue weighted by Crippen LogP contribution is 2.31. The second-order valence-electron chi connectivity index (χ2n) is 5.99. The van der Waals surface area contributed by atoms with Crippen LogP contribution in [0.25, 0.3) is 0 Å². The largest absolute Gasteiger partial charge is 0.493 e. The van der Waals surface area contributed by atoms with Gasteiger partial charge in [-0.2, -0.15) is 10.5 Å². The maximum Gasteiger partial charge on any atom is 0.119 e. The number of ether oxygens (including phenoxy) is 2. The fourth-order valence-electron chi connectivity index (χ4n) is 2.84. The van der Waals surface area contributed by atoms with Crippen LogP contribution in [0.1, 0.15) is 49.7 Å². The minimum atomic E-state index is 0.321. The van der Waals surface area contributed by atoms with Crippen LogP contribution in [0.4, 0.5) is 0 Å². The average molecular weight is 348 g/mol. The Morgan fingerprint density at radius 2 is 1.19 bits per heavy atom. The number of hydrogen-bond acceptors (Lipinski definition) is 4. The Labute approximate surface area is 155 Å². The molecule has 0 aromatic heterocycles. The smallest absolute Gasteiger partial charge is 0.119 e. The molecule has 2 aromatic carbocycles. The lowest BCUT2D eigenvalue weighted by molar-refractivity contribution is 0.326. The number of nitriles is 2. The van der Waals surface area contributed by atoms with Crippen molar-refractivity contribution in [2.75, 3.05) is 13.2 Å². The van der Waals surface area contributed by atoms with Gasteiger partial charge in [0.1, 0.15) is 24.7 Å². The van der Waals surface area contributed by atoms with E-state index in [0.29, 0.717) is 32.0 Å². The minimum absolute atomic E-state index is 0.321. The molecule has 2 rings (SSSR count). The first-order valence-corrected chi connectivity index (χ1v) is 8.98. The first-order chi connectivity index (χ1) is 12.8. The minimum Gasteiger partial charge on any atom is -0.493 e. The van der Waals surface area contributed by atoms with E-state index in [9.17, 15) is 0 Å². The standard InChI is InChI=1S/C22H24N2O2/c1-2-5-22(18-6-10-20(11-7-18)25-16-3-14-23)19-8-12-21(13-9-19)26-17-4-15-24/h6-13,22H,2-5,16-17H2,1H3. The van der Waals surface area contributed by atoms with E-state index in [1.165, 1.54) is 11.1 Å². The van der Waals surface area contributed by atoms with Crippen molar-refractivity contribution in [2.24, 2.45) is 0 Å². The summed E-state index contributed by atoms with van der Waals surface area (Å²) in [5.74, 6) is 1.90. The molecule has 0 radical (unpaired) electrons. The molecule has 0 atom stereocenters. The van der Waals surface area contributed by atoms with Gasteiger partial charge in [0.15, 0.2) is 0 Å². The molecule has 0 spiro atoms. The maximum atomic E-state index is 8.57. The third-order valence-corrected chi connectivity index (χ3v) is 4.11. The van der Waals surface area contributed by atoms with Crippen LogP contribution in [0.5, 0.6) is 11.5 Å². The summed E-state index contributed by atoms with van der Waals surface area (Å²) in [6, 6.07) is 20.4. The lowest BCUT2D eigenvalue weighted by Crippen LogP contribution is -2.02. The SMILES string of the molecule is CCCC(c1ccc(OCCC#N)cc1)c1ccc(OCCC#N)cc1. The molecule has 0 saturated heterocycles. The Kier molecular flexibility index (Phi) is 8.03. The predicted molar refractivity (Wildman–Crippen MR) is 101 cm³/mol. The highest BCUT2D eigenvalue weighted by molar-refractivity contribution is 5.38. The third kappa shape index (κ3) is 5.83.